The molecule has 2 N–H and O–H groups in total. The number of fused-ring (bicyclic) bond motifs is 1. The summed E-state index contributed by atoms with van der Waals surface area (Å²) in [5, 5.41) is 0. The number of anilines is 1. The van der Waals surface area contributed by atoms with Crippen LogP contribution in [0.5, 0.6) is 11.5 Å². The van der Waals surface area contributed by atoms with Crippen molar-refractivity contribution < 1.29 is 9.47 Å². The van der Waals surface area contributed by atoms with Gasteiger partial charge in [-0.3, -0.25) is 0 Å². The predicted octanol–water partition coefficient (Wildman–Crippen LogP) is 2.62. The van der Waals surface area contributed by atoms with Crippen molar-refractivity contribution in [3.05, 3.63) is 30.1 Å². The molecule has 5 heteroatoms. The van der Waals surface area contributed by atoms with E-state index in [9.17, 15) is 0 Å². The molecule has 1 aromatic carbocycles. The number of benzene rings is 1. The highest BCUT2D eigenvalue weighted by Crippen LogP contribution is 2.34. The molecular formula is C15H17N3O2. The predicted molar refractivity (Wildman–Crippen MR) is 77.0 cm³/mol. The molecule has 2 heterocycles. The van der Waals surface area contributed by atoms with Crippen molar-refractivity contribution in [1.29, 1.82) is 0 Å². The fourth-order valence-electron chi connectivity index (χ4n) is 2.09. The average molecular weight is 271 g/mol. The highest BCUT2D eigenvalue weighted by molar-refractivity contribution is 5.66. The van der Waals surface area contributed by atoms with E-state index in [1.807, 2.05) is 32.0 Å². The molecule has 0 amide bonds. The number of nitrogens with two attached hydrogens (primary N) is 1. The Balaban J connectivity index is 2.04. The van der Waals surface area contributed by atoms with Gasteiger partial charge in [0.05, 0.1) is 5.69 Å². The zero-order valence-corrected chi connectivity index (χ0v) is 11.6. The van der Waals surface area contributed by atoms with E-state index in [0.717, 1.165) is 28.6 Å². The number of nitrogens with zero attached hydrogens (tertiary/aromatic N) is 2. The Bertz CT molecular complexity index is 641. The molecule has 0 atom stereocenters. The first kappa shape index (κ1) is 12.7. The van der Waals surface area contributed by atoms with Crippen LogP contribution in [0.4, 0.5) is 5.82 Å². The Hall–Kier alpha value is -2.30. The van der Waals surface area contributed by atoms with Crippen molar-refractivity contribution in [3.63, 3.8) is 0 Å². The van der Waals surface area contributed by atoms with Crippen molar-refractivity contribution in [2.75, 3.05) is 18.9 Å². The van der Waals surface area contributed by atoms with Crippen molar-refractivity contribution in [3.8, 4) is 22.8 Å². The lowest BCUT2D eigenvalue weighted by Crippen LogP contribution is -2.15. The minimum atomic E-state index is 0.231. The van der Waals surface area contributed by atoms with Crippen LogP contribution >= 0.6 is 0 Å². The first-order valence-electron chi connectivity index (χ1n) is 6.68. The van der Waals surface area contributed by atoms with E-state index in [2.05, 4.69) is 9.97 Å². The van der Waals surface area contributed by atoms with Gasteiger partial charge in [-0.15, -0.1) is 0 Å². The summed E-state index contributed by atoms with van der Waals surface area (Å²) in [6.07, 6.45) is 0. The molecule has 0 saturated heterocycles. The number of aromatic nitrogens is 2. The smallest absolute Gasteiger partial charge is 0.162 e. The third kappa shape index (κ3) is 2.39. The molecule has 0 spiro atoms. The monoisotopic (exact) mass is 271 g/mol. The zero-order chi connectivity index (χ0) is 14.1. The van der Waals surface area contributed by atoms with Crippen molar-refractivity contribution in [2.24, 2.45) is 0 Å². The number of rotatable bonds is 2. The van der Waals surface area contributed by atoms with Crippen LogP contribution < -0.4 is 15.2 Å². The highest BCUT2D eigenvalue weighted by Gasteiger charge is 2.14. The molecule has 1 aliphatic heterocycles. The molecule has 104 valence electrons. The summed E-state index contributed by atoms with van der Waals surface area (Å²) in [7, 11) is 0. The molecule has 0 aliphatic carbocycles. The van der Waals surface area contributed by atoms with Gasteiger partial charge in [-0.05, 0) is 18.2 Å². The highest BCUT2D eigenvalue weighted by atomic mass is 16.6. The summed E-state index contributed by atoms with van der Waals surface area (Å²) in [5.41, 5.74) is 7.62. The van der Waals surface area contributed by atoms with E-state index < -0.39 is 0 Å². The van der Waals surface area contributed by atoms with Gasteiger partial charge in [-0.25, -0.2) is 9.97 Å². The standard InChI is InChI=1S/C15H17N3O2/c1-9(2)15-17-11(8-14(16)18-15)10-3-4-12-13(7-10)20-6-5-19-12/h3-4,7-9H,5-6H2,1-2H3,(H2,16,17,18). The van der Waals surface area contributed by atoms with Crippen molar-refractivity contribution >= 4 is 5.82 Å². The second kappa shape index (κ2) is 5.00. The number of hydrogen-bond donors (Lipinski definition) is 1. The van der Waals surface area contributed by atoms with Crippen molar-refractivity contribution in [1.82, 2.24) is 9.97 Å². The van der Waals surface area contributed by atoms with Crippen LogP contribution in [-0.2, 0) is 0 Å². The third-order valence-electron chi connectivity index (χ3n) is 3.12. The van der Waals surface area contributed by atoms with E-state index in [4.69, 9.17) is 15.2 Å². The quantitative estimate of drug-likeness (QED) is 0.909. The van der Waals surface area contributed by atoms with Crippen molar-refractivity contribution in [2.45, 2.75) is 19.8 Å². The first-order valence-corrected chi connectivity index (χ1v) is 6.68. The van der Waals surface area contributed by atoms with Gasteiger partial charge in [0.15, 0.2) is 11.5 Å². The van der Waals surface area contributed by atoms with Crippen LogP contribution in [0.2, 0.25) is 0 Å². The number of nitrogen functional groups attached to an aromatic ring is 1. The summed E-state index contributed by atoms with van der Waals surface area (Å²) >= 11 is 0. The van der Waals surface area contributed by atoms with E-state index in [-0.39, 0.29) is 5.92 Å². The summed E-state index contributed by atoms with van der Waals surface area (Å²) in [5.74, 6) is 2.97. The fraction of sp³-hybridized carbons (Fsp3) is 0.333. The molecule has 0 fully saturated rings. The summed E-state index contributed by atoms with van der Waals surface area (Å²) in [6, 6.07) is 7.56. The van der Waals surface area contributed by atoms with Gasteiger partial charge < -0.3 is 15.2 Å². The molecule has 5 nitrogen and oxygen atoms in total. The maximum Gasteiger partial charge on any atom is 0.162 e. The normalized spacial score (nSPS) is 13.6. The lowest BCUT2D eigenvalue weighted by molar-refractivity contribution is 0.171. The molecule has 0 unspecified atom stereocenters. The van der Waals surface area contributed by atoms with Crippen LogP contribution in [-0.4, -0.2) is 23.2 Å². The van der Waals surface area contributed by atoms with Gasteiger partial charge in [0.2, 0.25) is 0 Å². The summed E-state index contributed by atoms with van der Waals surface area (Å²) in [6.45, 7) is 5.24. The lowest BCUT2D eigenvalue weighted by atomic mass is 10.1. The maximum absolute atomic E-state index is 5.87. The topological polar surface area (TPSA) is 70.3 Å². The molecule has 0 bridgehead atoms. The van der Waals surface area contributed by atoms with E-state index in [0.29, 0.717) is 19.0 Å². The Morgan fingerprint density at radius 1 is 1.05 bits per heavy atom. The van der Waals surface area contributed by atoms with Crippen LogP contribution in [0.25, 0.3) is 11.3 Å². The molecule has 3 rings (SSSR count). The zero-order valence-electron chi connectivity index (χ0n) is 11.6. The largest absolute Gasteiger partial charge is 0.486 e. The number of hydrogen-bond acceptors (Lipinski definition) is 5. The van der Waals surface area contributed by atoms with Crippen LogP contribution in [0, 0.1) is 0 Å². The van der Waals surface area contributed by atoms with E-state index in [1.165, 1.54) is 0 Å². The molecule has 20 heavy (non-hydrogen) atoms. The van der Waals surface area contributed by atoms with Crippen LogP contribution in [0.1, 0.15) is 25.6 Å². The maximum atomic E-state index is 5.87. The Morgan fingerprint density at radius 3 is 2.55 bits per heavy atom. The van der Waals surface area contributed by atoms with Crippen LogP contribution in [0.15, 0.2) is 24.3 Å². The minimum absolute atomic E-state index is 0.231. The minimum Gasteiger partial charge on any atom is -0.486 e. The molecule has 2 aromatic rings. The SMILES string of the molecule is CC(C)c1nc(N)cc(-c2ccc3c(c2)OCCO3)n1. The third-order valence-corrected chi connectivity index (χ3v) is 3.12. The summed E-state index contributed by atoms with van der Waals surface area (Å²) in [4.78, 5) is 8.82. The fourth-order valence-corrected chi connectivity index (χ4v) is 2.09. The Morgan fingerprint density at radius 2 is 1.80 bits per heavy atom. The summed E-state index contributed by atoms with van der Waals surface area (Å²) < 4.78 is 11.1. The molecule has 0 saturated carbocycles. The molecule has 1 aliphatic rings. The van der Waals surface area contributed by atoms with Gasteiger partial charge in [0, 0.05) is 17.5 Å². The van der Waals surface area contributed by atoms with E-state index >= 15 is 0 Å². The van der Waals surface area contributed by atoms with E-state index in [1.54, 1.807) is 6.07 Å². The van der Waals surface area contributed by atoms with Gasteiger partial charge in [0.25, 0.3) is 0 Å². The Kier molecular flexibility index (Phi) is 3.18. The molecule has 1 aromatic heterocycles. The van der Waals surface area contributed by atoms with Gasteiger partial charge in [-0.2, -0.15) is 0 Å². The van der Waals surface area contributed by atoms with Gasteiger partial charge >= 0.3 is 0 Å². The average Bonchev–Trinajstić information content (AvgIpc) is 2.46. The number of ether oxygens (including phenoxy) is 2. The Labute approximate surface area is 117 Å². The van der Waals surface area contributed by atoms with Crippen LogP contribution in [0.3, 0.4) is 0 Å². The first-order chi connectivity index (χ1) is 9.63. The molecule has 0 radical (unpaired) electrons. The lowest BCUT2D eigenvalue weighted by Gasteiger charge is -2.19. The van der Waals surface area contributed by atoms with Gasteiger partial charge in [0.1, 0.15) is 24.9 Å². The second-order valence-electron chi connectivity index (χ2n) is 5.05. The van der Waals surface area contributed by atoms with Gasteiger partial charge in [-0.1, -0.05) is 13.8 Å². The second-order valence-corrected chi connectivity index (χ2v) is 5.05. The molecular weight excluding hydrogens is 254 g/mol.